The van der Waals surface area contributed by atoms with Gasteiger partial charge in [-0.15, -0.1) is 0 Å². The predicted molar refractivity (Wildman–Crippen MR) is 142 cm³/mol. The van der Waals surface area contributed by atoms with Crippen molar-refractivity contribution in [2.75, 3.05) is 5.32 Å². The summed E-state index contributed by atoms with van der Waals surface area (Å²) in [7, 11) is 1.80. The highest BCUT2D eigenvalue weighted by Gasteiger charge is 2.19. The molecule has 1 heterocycles. The Hall–Kier alpha value is -4.43. The molecule has 4 aromatic rings. The van der Waals surface area contributed by atoms with Crippen molar-refractivity contribution in [3.05, 3.63) is 108 Å². The maximum absolute atomic E-state index is 12.6. The van der Waals surface area contributed by atoms with Crippen molar-refractivity contribution in [3.63, 3.8) is 0 Å². The summed E-state index contributed by atoms with van der Waals surface area (Å²) in [4.78, 5) is 28.8. The first-order chi connectivity index (χ1) is 17.9. The molecule has 1 aromatic heterocycles. The Bertz CT molecular complexity index is 1320. The average molecular weight is 499 g/mol. The third-order valence-corrected chi connectivity index (χ3v) is 6.07. The van der Waals surface area contributed by atoms with Crippen LogP contribution in [-0.4, -0.2) is 32.8 Å². The van der Waals surface area contributed by atoms with Crippen molar-refractivity contribution in [1.82, 2.24) is 14.9 Å². The fourth-order valence-corrected chi connectivity index (χ4v) is 3.99. The lowest BCUT2D eigenvalue weighted by Gasteiger charge is -2.15. The number of rotatable bonds is 10. The van der Waals surface area contributed by atoms with E-state index in [0.717, 1.165) is 22.3 Å². The van der Waals surface area contributed by atoms with Crippen LogP contribution in [0.25, 0.3) is 11.3 Å². The Kier molecular flexibility index (Phi) is 8.33. The Morgan fingerprint density at radius 2 is 1.59 bits per heavy atom. The number of hydrogen-bond donors (Lipinski definition) is 3. The van der Waals surface area contributed by atoms with Crippen LogP contribution in [0.1, 0.15) is 29.7 Å². The van der Waals surface area contributed by atoms with Crippen molar-refractivity contribution in [2.45, 2.75) is 32.0 Å². The summed E-state index contributed by atoms with van der Waals surface area (Å²) in [6.07, 6.45) is 1.06. The molecule has 0 radical (unpaired) electrons. The summed E-state index contributed by atoms with van der Waals surface area (Å²) < 4.78 is 7.27. The number of carboxylic acid groups (broad SMARTS) is 1. The first kappa shape index (κ1) is 25.7. The van der Waals surface area contributed by atoms with Crippen molar-refractivity contribution >= 4 is 17.9 Å². The number of aryl methyl sites for hydroxylation is 1. The smallest absolute Gasteiger partial charge is 0.413 e. The van der Waals surface area contributed by atoms with Gasteiger partial charge in [0.05, 0.1) is 6.33 Å². The minimum atomic E-state index is -0.891. The van der Waals surface area contributed by atoms with Crippen LogP contribution in [0.4, 0.5) is 10.6 Å². The minimum absolute atomic E-state index is 0.399. The second-order valence-electron chi connectivity index (χ2n) is 8.79. The van der Waals surface area contributed by atoms with Crippen LogP contribution in [0, 0.1) is 0 Å². The van der Waals surface area contributed by atoms with Gasteiger partial charge in [0.2, 0.25) is 0 Å². The molecule has 0 aliphatic heterocycles. The molecular weight excluding hydrogens is 468 g/mol. The molecule has 1 amide bonds. The molecule has 8 heteroatoms. The number of anilines is 1. The predicted octanol–water partition coefficient (Wildman–Crippen LogP) is 5.18. The molecule has 0 saturated heterocycles. The number of nitrogens with one attached hydrogen (secondary N) is 2. The average Bonchev–Trinajstić information content (AvgIpc) is 3.27. The third kappa shape index (κ3) is 6.83. The topological polar surface area (TPSA) is 105 Å². The van der Waals surface area contributed by atoms with Crippen LogP contribution in [0.3, 0.4) is 0 Å². The normalized spacial score (nSPS) is 12.5. The fourth-order valence-electron chi connectivity index (χ4n) is 3.99. The summed E-state index contributed by atoms with van der Waals surface area (Å²) in [5, 5.41) is 15.5. The van der Waals surface area contributed by atoms with E-state index in [1.807, 2.05) is 91.9 Å². The number of carboxylic acids is 1. The summed E-state index contributed by atoms with van der Waals surface area (Å²) in [5.41, 5.74) is 4.23. The van der Waals surface area contributed by atoms with Gasteiger partial charge in [-0.3, -0.25) is 10.1 Å². The zero-order chi connectivity index (χ0) is 26.2. The number of nitrogens with zero attached hydrogens (tertiary/aromatic N) is 2. The highest BCUT2D eigenvalue weighted by atomic mass is 16.6. The first-order valence-corrected chi connectivity index (χ1v) is 12.0. The van der Waals surface area contributed by atoms with E-state index in [1.165, 1.54) is 0 Å². The van der Waals surface area contributed by atoms with E-state index < -0.39 is 24.2 Å². The number of ether oxygens (including phenoxy) is 1. The number of amides is 1. The number of carbonyl (C=O) groups excluding carboxylic acids is 1. The van der Waals surface area contributed by atoms with Crippen LogP contribution >= 0.6 is 0 Å². The van der Waals surface area contributed by atoms with Gasteiger partial charge in [0.15, 0.2) is 0 Å². The molecule has 3 aromatic carbocycles. The second kappa shape index (κ2) is 12.0. The van der Waals surface area contributed by atoms with Gasteiger partial charge >= 0.3 is 12.1 Å². The maximum Gasteiger partial charge on any atom is 0.413 e. The number of aromatic nitrogens is 2. The number of benzene rings is 3. The van der Waals surface area contributed by atoms with Crippen LogP contribution in [0.15, 0.2) is 91.3 Å². The number of imidazole rings is 1. The Morgan fingerprint density at radius 1 is 0.946 bits per heavy atom. The van der Waals surface area contributed by atoms with Gasteiger partial charge < -0.3 is 19.7 Å². The van der Waals surface area contributed by atoms with Gasteiger partial charge in [-0.2, -0.15) is 0 Å². The standard InChI is InChI=1S/C29H30N4O4/c1-20(23-11-7-4-8-12-23)37-29(36)32-27-26(31-19-33(27)2)24-15-13-22(14-16-24)18-30-25(28(34)35)17-21-9-5-3-6-10-21/h3-16,19-20,25,30H,17-18H2,1-2H3,(H,32,36)(H,34,35). The number of carbonyl (C=O) groups is 2. The Balaban J connectivity index is 1.39. The highest BCUT2D eigenvalue weighted by molar-refractivity contribution is 5.89. The fraction of sp³-hybridized carbons (Fsp3) is 0.207. The third-order valence-electron chi connectivity index (χ3n) is 6.07. The van der Waals surface area contributed by atoms with Crippen LogP contribution in [0.5, 0.6) is 0 Å². The zero-order valence-corrected chi connectivity index (χ0v) is 20.8. The lowest BCUT2D eigenvalue weighted by atomic mass is 10.1. The molecule has 0 saturated carbocycles. The number of hydrogen-bond acceptors (Lipinski definition) is 5. The molecule has 2 unspecified atom stereocenters. The van der Waals surface area contributed by atoms with Gasteiger partial charge in [0.1, 0.15) is 23.7 Å². The number of aliphatic carboxylic acids is 1. The van der Waals surface area contributed by atoms with Gasteiger partial charge in [-0.05, 0) is 30.0 Å². The van der Waals surface area contributed by atoms with E-state index in [9.17, 15) is 14.7 Å². The zero-order valence-electron chi connectivity index (χ0n) is 20.8. The minimum Gasteiger partial charge on any atom is -0.480 e. The van der Waals surface area contributed by atoms with E-state index >= 15 is 0 Å². The van der Waals surface area contributed by atoms with Gasteiger partial charge in [-0.25, -0.2) is 9.78 Å². The van der Waals surface area contributed by atoms with Crippen molar-refractivity contribution in [1.29, 1.82) is 0 Å². The van der Waals surface area contributed by atoms with E-state index in [0.29, 0.717) is 24.5 Å². The molecular formula is C29H30N4O4. The van der Waals surface area contributed by atoms with E-state index in [1.54, 1.807) is 17.9 Å². The van der Waals surface area contributed by atoms with Crippen molar-refractivity contribution in [2.24, 2.45) is 7.05 Å². The van der Waals surface area contributed by atoms with Crippen molar-refractivity contribution in [3.8, 4) is 11.3 Å². The Morgan fingerprint density at radius 3 is 2.24 bits per heavy atom. The lowest BCUT2D eigenvalue weighted by molar-refractivity contribution is -0.139. The molecule has 4 rings (SSSR count). The molecule has 190 valence electrons. The first-order valence-electron chi connectivity index (χ1n) is 12.0. The van der Waals surface area contributed by atoms with Crippen molar-refractivity contribution < 1.29 is 19.4 Å². The van der Waals surface area contributed by atoms with Gasteiger partial charge in [-0.1, -0.05) is 84.9 Å². The van der Waals surface area contributed by atoms with Gasteiger partial charge in [0.25, 0.3) is 0 Å². The molecule has 3 N–H and O–H groups in total. The quantitative estimate of drug-likeness (QED) is 0.278. The molecule has 0 spiro atoms. The van der Waals surface area contributed by atoms with E-state index in [2.05, 4.69) is 15.6 Å². The summed E-state index contributed by atoms with van der Waals surface area (Å²) in [5.74, 6) is -0.372. The summed E-state index contributed by atoms with van der Waals surface area (Å²) in [6.45, 7) is 2.22. The molecule has 0 fully saturated rings. The molecule has 0 aliphatic rings. The maximum atomic E-state index is 12.6. The second-order valence-corrected chi connectivity index (χ2v) is 8.79. The van der Waals surface area contributed by atoms with Gasteiger partial charge in [0, 0.05) is 19.2 Å². The summed E-state index contributed by atoms with van der Waals surface area (Å²) >= 11 is 0. The highest BCUT2D eigenvalue weighted by Crippen LogP contribution is 2.27. The monoisotopic (exact) mass is 498 g/mol. The largest absolute Gasteiger partial charge is 0.480 e. The lowest BCUT2D eigenvalue weighted by Crippen LogP contribution is -2.38. The summed E-state index contributed by atoms with van der Waals surface area (Å²) in [6, 6.07) is 26.0. The molecule has 8 nitrogen and oxygen atoms in total. The van der Waals surface area contributed by atoms with Crippen LogP contribution < -0.4 is 10.6 Å². The van der Waals surface area contributed by atoms with Crippen LogP contribution in [-0.2, 0) is 29.5 Å². The molecule has 2 atom stereocenters. The Labute approximate surface area is 215 Å². The molecule has 37 heavy (non-hydrogen) atoms. The van der Waals surface area contributed by atoms with Crippen LogP contribution in [0.2, 0.25) is 0 Å². The SMILES string of the molecule is CC(OC(=O)Nc1c(-c2ccc(CNC(Cc3ccccc3)C(=O)O)cc2)ncn1C)c1ccccc1. The van der Waals surface area contributed by atoms with E-state index in [-0.39, 0.29) is 0 Å². The van der Waals surface area contributed by atoms with E-state index in [4.69, 9.17) is 4.74 Å². The molecule has 0 bridgehead atoms. The molecule has 0 aliphatic carbocycles.